The van der Waals surface area contributed by atoms with Gasteiger partial charge in [0.1, 0.15) is 11.9 Å². The zero-order valence-electron chi connectivity index (χ0n) is 11.0. The van der Waals surface area contributed by atoms with E-state index in [0.29, 0.717) is 11.3 Å². The summed E-state index contributed by atoms with van der Waals surface area (Å²) >= 11 is 0. The highest BCUT2D eigenvalue weighted by Crippen LogP contribution is 2.20. The Labute approximate surface area is 121 Å². The zero-order valence-corrected chi connectivity index (χ0v) is 11.0. The van der Waals surface area contributed by atoms with Gasteiger partial charge < -0.3 is 11.1 Å². The van der Waals surface area contributed by atoms with Gasteiger partial charge >= 0.3 is 6.03 Å². The van der Waals surface area contributed by atoms with Crippen molar-refractivity contribution in [2.45, 2.75) is 6.04 Å². The molecule has 0 aliphatic carbocycles. The van der Waals surface area contributed by atoms with Gasteiger partial charge in [-0.2, -0.15) is 0 Å². The topological polar surface area (TPSA) is 84.2 Å². The second kappa shape index (κ2) is 6.51. The lowest BCUT2D eigenvalue weighted by Gasteiger charge is -2.19. The molecule has 0 saturated carbocycles. The minimum absolute atomic E-state index is 0.376. The van der Waals surface area contributed by atoms with Crippen LogP contribution in [0.4, 0.5) is 14.9 Å². The second-order valence-electron chi connectivity index (χ2n) is 4.35. The van der Waals surface area contributed by atoms with Crippen LogP contribution in [0.25, 0.3) is 0 Å². The van der Waals surface area contributed by atoms with Crippen LogP contribution in [0.15, 0.2) is 54.6 Å². The molecule has 0 aromatic heterocycles. The standard InChI is InChI=1S/C15H14FN3O2/c16-11-6-8-12(9-7-11)18-13(14(20)19-15(17)21)10-4-2-1-3-5-10/h1-9,13,18H,(H3,17,19,20,21)/t13-/m0/s1. The summed E-state index contributed by atoms with van der Waals surface area (Å²) in [4.78, 5) is 22.9. The van der Waals surface area contributed by atoms with Crippen LogP contribution in [0.5, 0.6) is 0 Å². The van der Waals surface area contributed by atoms with Crippen LogP contribution in [0.3, 0.4) is 0 Å². The van der Waals surface area contributed by atoms with E-state index in [9.17, 15) is 14.0 Å². The fourth-order valence-corrected chi connectivity index (χ4v) is 1.85. The molecule has 0 aliphatic rings. The SMILES string of the molecule is NC(=O)NC(=O)[C@@H](Nc1ccc(F)cc1)c1ccccc1. The molecule has 21 heavy (non-hydrogen) atoms. The van der Waals surface area contributed by atoms with Crippen LogP contribution >= 0.6 is 0 Å². The molecule has 2 aromatic carbocycles. The number of benzene rings is 2. The Hall–Kier alpha value is -2.89. The monoisotopic (exact) mass is 287 g/mol. The molecular formula is C15H14FN3O2. The summed E-state index contributed by atoms with van der Waals surface area (Å²) in [6.45, 7) is 0. The number of amides is 3. The Morgan fingerprint density at radius 3 is 2.19 bits per heavy atom. The van der Waals surface area contributed by atoms with Gasteiger partial charge in [-0.25, -0.2) is 9.18 Å². The predicted octanol–water partition coefficient (Wildman–Crippen LogP) is 2.17. The fourth-order valence-electron chi connectivity index (χ4n) is 1.85. The molecule has 0 spiro atoms. The minimum Gasteiger partial charge on any atom is -0.370 e. The van der Waals surface area contributed by atoms with Gasteiger partial charge in [-0.05, 0) is 29.8 Å². The first-order valence-electron chi connectivity index (χ1n) is 6.23. The maximum atomic E-state index is 12.9. The van der Waals surface area contributed by atoms with Gasteiger partial charge in [-0.15, -0.1) is 0 Å². The molecule has 6 heteroatoms. The van der Waals surface area contributed by atoms with Crippen LogP contribution in [0, 0.1) is 5.82 Å². The first-order chi connectivity index (χ1) is 10.1. The van der Waals surface area contributed by atoms with E-state index < -0.39 is 18.0 Å². The largest absolute Gasteiger partial charge is 0.370 e. The number of carbonyl (C=O) groups excluding carboxylic acids is 2. The molecule has 0 saturated heterocycles. The lowest BCUT2D eigenvalue weighted by Crippen LogP contribution is -2.40. The molecule has 2 aromatic rings. The molecule has 108 valence electrons. The Morgan fingerprint density at radius 2 is 1.62 bits per heavy atom. The second-order valence-corrected chi connectivity index (χ2v) is 4.35. The van der Waals surface area contributed by atoms with Crippen molar-refractivity contribution in [2.75, 3.05) is 5.32 Å². The summed E-state index contributed by atoms with van der Waals surface area (Å²) in [6, 6.07) is 12.6. The molecule has 2 rings (SSSR count). The molecular weight excluding hydrogens is 273 g/mol. The Balaban J connectivity index is 2.25. The van der Waals surface area contributed by atoms with E-state index in [2.05, 4.69) is 5.32 Å². The molecule has 0 heterocycles. The average Bonchev–Trinajstić information content (AvgIpc) is 2.46. The van der Waals surface area contributed by atoms with Crippen LogP contribution < -0.4 is 16.4 Å². The van der Waals surface area contributed by atoms with Crippen molar-refractivity contribution in [3.63, 3.8) is 0 Å². The van der Waals surface area contributed by atoms with E-state index in [1.807, 2.05) is 11.4 Å². The van der Waals surface area contributed by atoms with Crippen LogP contribution in [0.2, 0.25) is 0 Å². The molecule has 1 atom stereocenters. The molecule has 0 fully saturated rings. The molecule has 4 N–H and O–H groups in total. The van der Waals surface area contributed by atoms with E-state index in [1.165, 1.54) is 24.3 Å². The number of urea groups is 1. The third kappa shape index (κ3) is 4.04. The normalized spacial score (nSPS) is 11.5. The van der Waals surface area contributed by atoms with Crippen molar-refractivity contribution in [3.8, 4) is 0 Å². The van der Waals surface area contributed by atoms with E-state index in [4.69, 9.17) is 5.73 Å². The summed E-state index contributed by atoms with van der Waals surface area (Å²) < 4.78 is 12.9. The maximum Gasteiger partial charge on any atom is 0.318 e. The summed E-state index contributed by atoms with van der Waals surface area (Å²) in [7, 11) is 0. The van der Waals surface area contributed by atoms with Gasteiger partial charge in [0.2, 0.25) is 0 Å². The number of hydrogen-bond acceptors (Lipinski definition) is 3. The van der Waals surface area contributed by atoms with Crippen molar-refractivity contribution in [1.29, 1.82) is 0 Å². The lowest BCUT2D eigenvalue weighted by atomic mass is 10.1. The summed E-state index contributed by atoms with van der Waals surface area (Å²) in [5.41, 5.74) is 6.17. The molecule has 5 nitrogen and oxygen atoms in total. The number of hydrogen-bond donors (Lipinski definition) is 3. The molecule has 0 radical (unpaired) electrons. The summed E-state index contributed by atoms with van der Waals surface area (Å²) in [6.07, 6.45) is 0. The number of primary amides is 1. The lowest BCUT2D eigenvalue weighted by molar-refractivity contribution is -0.120. The van der Waals surface area contributed by atoms with E-state index in [0.717, 1.165) is 0 Å². The van der Waals surface area contributed by atoms with Gasteiger partial charge in [-0.1, -0.05) is 30.3 Å². The van der Waals surface area contributed by atoms with E-state index in [-0.39, 0.29) is 5.82 Å². The van der Waals surface area contributed by atoms with Crippen LogP contribution in [-0.4, -0.2) is 11.9 Å². The van der Waals surface area contributed by atoms with Crippen molar-refractivity contribution >= 4 is 17.6 Å². The highest BCUT2D eigenvalue weighted by Gasteiger charge is 2.21. The number of nitrogens with one attached hydrogen (secondary N) is 2. The van der Waals surface area contributed by atoms with Crippen molar-refractivity contribution < 1.29 is 14.0 Å². The van der Waals surface area contributed by atoms with Crippen LogP contribution in [-0.2, 0) is 4.79 Å². The molecule has 0 bridgehead atoms. The van der Waals surface area contributed by atoms with Crippen LogP contribution in [0.1, 0.15) is 11.6 Å². The Bertz CT molecular complexity index is 629. The van der Waals surface area contributed by atoms with Crippen molar-refractivity contribution in [2.24, 2.45) is 5.73 Å². The number of anilines is 1. The van der Waals surface area contributed by atoms with Crippen molar-refractivity contribution in [3.05, 3.63) is 66.0 Å². The summed E-state index contributed by atoms with van der Waals surface area (Å²) in [5, 5.41) is 4.98. The highest BCUT2D eigenvalue weighted by molar-refractivity contribution is 5.98. The number of rotatable bonds is 4. The van der Waals surface area contributed by atoms with Gasteiger partial charge in [0.15, 0.2) is 0 Å². The third-order valence-corrected chi connectivity index (χ3v) is 2.80. The van der Waals surface area contributed by atoms with Gasteiger partial charge in [0.05, 0.1) is 0 Å². The average molecular weight is 287 g/mol. The first kappa shape index (κ1) is 14.5. The molecule has 0 unspecified atom stereocenters. The highest BCUT2D eigenvalue weighted by atomic mass is 19.1. The maximum absolute atomic E-state index is 12.9. The van der Waals surface area contributed by atoms with Gasteiger partial charge in [0, 0.05) is 5.69 Å². The third-order valence-electron chi connectivity index (χ3n) is 2.80. The minimum atomic E-state index is -0.929. The number of halogens is 1. The van der Waals surface area contributed by atoms with E-state index in [1.54, 1.807) is 24.3 Å². The fraction of sp³-hybridized carbons (Fsp3) is 0.0667. The quantitative estimate of drug-likeness (QED) is 0.805. The number of imide groups is 1. The predicted molar refractivity (Wildman–Crippen MR) is 76.9 cm³/mol. The van der Waals surface area contributed by atoms with Crippen molar-refractivity contribution in [1.82, 2.24) is 5.32 Å². The molecule has 0 aliphatic heterocycles. The number of nitrogens with two attached hydrogens (primary N) is 1. The number of carbonyl (C=O) groups is 2. The van der Waals surface area contributed by atoms with E-state index >= 15 is 0 Å². The Kier molecular flexibility index (Phi) is 4.50. The summed E-state index contributed by atoms with van der Waals surface area (Å²) in [5.74, 6) is -0.962. The smallest absolute Gasteiger partial charge is 0.318 e. The molecule has 3 amide bonds. The zero-order chi connectivity index (χ0) is 15.2. The first-order valence-corrected chi connectivity index (χ1v) is 6.23. The van der Waals surface area contributed by atoms with Gasteiger partial charge in [0.25, 0.3) is 5.91 Å². The Morgan fingerprint density at radius 1 is 1.00 bits per heavy atom. The van der Waals surface area contributed by atoms with Gasteiger partial charge in [-0.3, -0.25) is 10.1 Å².